The van der Waals surface area contributed by atoms with Gasteiger partial charge < -0.3 is 14.8 Å². The molecule has 0 saturated heterocycles. The van der Waals surface area contributed by atoms with Crippen LogP contribution in [0.25, 0.3) is 22.2 Å². The van der Waals surface area contributed by atoms with E-state index in [4.69, 9.17) is 9.84 Å². The van der Waals surface area contributed by atoms with Crippen LogP contribution in [0.4, 0.5) is 17.6 Å². The van der Waals surface area contributed by atoms with Gasteiger partial charge in [0.1, 0.15) is 0 Å². The molecule has 0 bridgehead atoms. The summed E-state index contributed by atoms with van der Waals surface area (Å²) < 4.78 is 58.7. The number of fused-ring (bicyclic) bond motifs is 1. The maximum absolute atomic E-state index is 14.0. The van der Waals surface area contributed by atoms with E-state index in [-0.39, 0.29) is 33.5 Å². The number of ether oxygens (including phenoxy) is 1. The van der Waals surface area contributed by atoms with Crippen molar-refractivity contribution in [2.24, 2.45) is 0 Å². The minimum absolute atomic E-state index is 0.0272. The number of aromatic amines is 1. The maximum atomic E-state index is 14.0. The first-order valence-corrected chi connectivity index (χ1v) is 7.49. The van der Waals surface area contributed by atoms with Crippen LogP contribution >= 0.6 is 0 Å². The van der Waals surface area contributed by atoms with Crippen LogP contribution in [-0.4, -0.2) is 23.2 Å². The molecule has 3 rings (SSSR count). The summed E-state index contributed by atoms with van der Waals surface area (Å²) in [5.41, 5.74) is -0.642. The van der Waals surface area contributed by atoms with Crippen LogP contribution in [0.5, 0.6) is 5.75 Å². The lowest BCUT2D eigenvalue weighted by molar-refractivity contribution is -0.137. The lowest BCUT2D eigenvalue weighted by atomic mass is 10.0. The summed E-state index contributed by atoms with van der Waals surface area (Å²) in [7, 11) is 1.28. The fourth-order valence-electron chi connectivity index (χ4n) is 2.91. The van der Waals surface area contributed by atoms with Crippen LogP contribution in [-0.2, 0) is 17.4 Å². The summed E-state index contributed by atoms with van der Waals surface area (Å²) in [6.07, 6.45) is -5.13. The molecule has 0 aliphatic rings. The number of aromatic nitrogens is 1. The molecular weight excluding hydrogens is 354 g/mol. The van der Waals surface area contributed by atoms with E-state index in [1.807, 2.05) is 0 Å². The number of halogens is 4. The zero-order valence-electron chi connectivity index (χ0n) is 13.4. The number of benzene rings is 2. The first-order chi connectivity index (χ1) is 12.2. The number of H-pyrrole nitrogens is 1. The second kappa shape index (κ2) is 6.36. The highest BCUT2D eigenvalue weighted by atomic mass is 19.4. The molecule has 2 N–H and O–H groups in total. The summed E-state index contributed by atoms with van der Waals surface area (Å²) in [6, 6.07) is 7.38. The largest absolute Gasteiger partial charge is 0.494 e. The number of nitrogens with one attached hydrogen (secondary N) is 1. The van der Waals surface area contributed by atoms with Gasteiger partial charge in [0, 0.05) is 10.9 Å². The molecule has 0 fully saturated rings. The fourth-order valence-corrected chi connectivity index (χ4v) is 2.91. The lowest BCUT2D eigenvalue weighted by Crippen LogP contribution is -2.05. The molecule has 0 saturated carbocycles. The molecular formula is C18H13F4NO3. The van der Waals surface area contributed by atoms with Gasteiger partial charge in [-0.1, -0.05) is 12.1 Å². The van der Waals surface area contributed by atoms with Crippen LogP contribution in [0, 0.1) is 5.82 Å². The monoisotopic (exact) mass is 367 g/mol. The van der Waals surface area contributed by atoms with Gasteiger partial charge in [-0.2, -0.15) is 13.2 Å². The van der Waals surface area contributed by atoms with Crippen molar-refractivity contribution in [1.29, 1.82) is 0 Å². The van der Waals surface area contributed by atoms with E-state index in [2.05, 4.69) is 4.98 Å². The Morgan fingerprint density at radius 1 is 1.23 bits per heavy atom. The highest BCUT2D eigenvalue weighted by Gasteiger charge is 2.34. The van der Waals surface area contributed by atoms with Crippen molar-refractivity contribution in [2.45, 2.75) is 12.6 Å². The Morgan fingerprint density at radius 3 is 2.54 bits per heavy atom. The normalized spacial score (nSPS) is 11.7. The molecule has 0 aliphatic heterocycles. The number of methoxy groups -OCH3 is 1. The van der Waals surface area contributed by atoms with E-state index >= 15 is 0 Å². The van der Waals surface area contributed by atoms with Crippen LogP contribution in [0.15, 0.2) is 36.4 Å². The number of carboxylic acids is 1. The highest BCUT2D eigenvalue weighted by Crippen LogP contribution is 2.39. The Labute approximate surface area is 145 Å². The van der Waals surface area contributed by atoms with Crippen molar-refractivity contribution in [2.75, 3.05) is 7.11 Å². The Kier molecular flexibility index (Phi) is 4.35. The lowest BCUT2D eigenvalue weighted by Gasteiger charge is -2.07. The first kappa shape index (κ1) is 17.8. The predicted octanol–water partition coefficient (Wildman–Crippen LogP) is 4.63. The molecule has 0 aliphatic carbocycles. The molecule has 0 amide bonds. The van der Waals surface area contributed by atoms with Crippen molar-refractivity contribution in [3.8, 4) is 17.0 Å². The third-order valence-electron chi connectivity index (χ3n) is 4.02. The molecule has 0 spiro atoms. The molecule has 0 radical (unpaired) electrons. The van der Waals surface area contributed by atoms with Crippen molar-refractivity contribution in [3.63, 3.8) is 0 Å². The molecule has 1 heterocycles. The highest BCUT2D eigenvalue weighted by molar-refractivity contribution is 5.95. The standard InChI is InChI=1S/C18H13F4NO3/c1-26-14-6-5-9(7-13(14)19)16-11(8-15(24)25)10-3-2-4-12(17(10)23-16)18(20,21)22/h2-7,23H,8H2,1H3,(H,24,25). The Balaban J connectivity index is 2.30. The average molecular weight is 367 g/mol. The summed E-state index contributed by atoms with van der Waals surface area (Å²) in [6.45, 7) is 0. The zero-order chi connectivity index (χ0) is 19.1. The number of para-hydroxylation sites is 1. The van der Waals surface area contributed by atoms with Crippen LogP contribution < -0.4 is 4.74 Å². The molecule has 0 unspecified atom stereocenters. The van der Waals surface area contributed by atoms with Crippen LogP contribution in [0.2, 0.25) is 0 Å². The van der Waals surface area contributed by atoms with E-state index in [1.165, 1.54) is 31.4 Å². The summed E-state index contributed by atoms with van der Waals surface area (Å²) in [5, 5.41) is 9.28. The fraction of sp³-hybridized carbons (Fsp3) is 0.167. The number of carbonyl (C=O) groups is 1. The number of hydrogen-bond acceptors (Lipinski definition) is 2. The van der Waals surface area contributed by atoms with Gasteiger partial charge in [0.15, 0.2) is 11.6 Å². The minimum Gasteiger partial charge on any atom is -0.494 e. The van der Waals surface area contributed by atoms with E-state index in [0.29, 0.717) is 0 Å². The Bertz CT molecular complexity index is 992. The van der Waals surface area contributed by atoms with Crippen LogP contribution in [0.3, 0.4) is 0 Å². The molecule has 0 atom stereocenters. The second-order valence-electron chi connectivity index (χ2n) is 5.62. The average Bonchev–Trinajstić information content (AvgIpc) is 2.91. The summed E-state index contributed by atoms with van der Waals surface area (Å²) in [4.78, 5) is 13.8. The second-order valence-corrected chi connectivity index (χ2v) is 5.62. The molecule has 8 heteroatoms. The minimum atomic E-state index is -4.62. The van der Waals surface area contributed by atoms with Gasteiger partial charge in [-0.25, -0.2) is 4.39 Å². The number of alkyl halides is 3. The zero-order valence-corrected chi connectivity index (χ0v) is 13.4. The molecule has 1 aromatic heterocycles. The van der Waals surface area contributed by atoms with Gasteiger partial charge in [-0.3, -0.25) is 4.79 Å². The molecule has 2 aromatic carbocycles. The van der Waals surface area contributed by atoms with Crippen molar-refractivity contribution in [1.82, 2.24) is 4.98 Å². The van der Waals surface area contributed by atoms with Crippen molar-refractivity contribution < 1.29 is 32.2 Å². The number of carboxylic acid groups (broad SMARTS) is 1. The summed E-state index contributed by atoms with van der Waals surface area (Å²) in [5.74, 6) is -1.94. The van der Waals surface area contributed by atoms with Gasteiger partial charge in [0.2, 0.25) is 0 Å². The maximum Gasteiger partial charge on any atom is 0.418 e. The van der Waals surface area contributed by atoms with Crippen molar-refractivity contribution >= 4 is 16.9 Å². The third-order valence-corrected chi connectivity index (χ3v) is 4.02. The molecule has 3 aromatic rings. The molecule has 136 valence electrons. The first-order valence-electron chi connectivity index (χ1n) is 7.49. The number of rotatable bonds is 4. The van der Waals surface area contributed by atoms with Gasteiger partial charge in [0.25, 0.3) is 0 Å². The van der Waals surface area contributed by atoms with E-state index in [1.54, 1.807) is 0 Å². The van der Waals surface area contributed by atoms with Gasteiger partial charge in [0.05, 0.1) is 30.3 Å². The summed E-state index contributed by atoms with van der Waals surface area (Å²) >= 11 is 0. The Morgan fingerprint density at radius 2 is 1.96 bits per heavy atom. The van der Waals surface area contributed by atoms with E-state index in [9.17, 15) is 22.4 Å². The molecule has 4 nitrogen and oxygen atoms in total. The van der Waals surface area contributed by atoms with Gasteiger partial charge in [-0.15, -0.1) is 0 Å². The predicted molar refractivity (Wildman–Crippen MR) is 86.6 cm³/mol. The number of hydrogen-bond donors (Lipinski definition) is 2. The smallest absolute Gasteiger partial charge is 0.418 e. The van der Waals surface area contributed by atoms with Crippen LogP contribution in [0.1, 0.15) is 11.1 Å². The topological polar surface area (TPSA) is 62.3 Å². The Hall–Kier alpha value is -3.03. The SMILES string of the molecule is COc1ccc(-c2[nH]c3c(C(F)(F)F)cccc3c2CC(=O)O)cc1F. The van der Waals surface area contributed by atoms with Gasteiger partial charge >= 0.3 is 12.1 Å². The van der Waals surface area contributed by atoms with E-state index in [0.717, 1.165) is 12.1 Å². The van der Waals surface area contributed by atoms with Gasteiger partial charge in [-0.05, 0) is 29.8 Å². The van der Waals surface area contributed by atoms with Crippen molar-refractivity contribution in [3.05, 3.63) is 53.3 Å². The molecule has 26 heavy (non-hydrogen) atoms. The number of aliphatic carboxylic acids is 1. The van der Waals surface area contributed by atoms with E-state index < -0.39 is 29.9 Å². The third kappa shape index (κ3) is 3.10. The quantitative estimate of drug-likeness (QED) is 0.661.